The number of hydrogen-bond acceptors (Lipinski definition) is 3. The van der Waals surface area contributed by atoms with E-state index in [9.17, 15) is 0 Å². The summed E-state index contributed by atoms with van der Waals surface area (Å²) in [6.45, 7) is 6.46. The summed E-state index contributed by atoms with van der Waals surface area (Å²) in [4.78, 5) is 7.25. The van der Waals surface area contributed by atoms with E-state index in [-0.39, 0.29) is 0 Å². The van der Waals surface area contributed by atoms with Gasteiger partial charge >= 0.3 is 0 Å². The van der Waals surface area contributed by atoms with Crippen LogP contribution in [0, 0.1) is 0 Å². The molecule has 1 aliphatic carbocycles. The Balaban J connectivity index is 1.49. The van der Waals surface area contributed by atoms with Gasteiger partial charge in [-0.25, -0.2) is 0 Å². The summed E-state index contributed by atoms with van der Waals surface area (Å²) in [5.41, 5.74) is 2.21. The maximum Gasteiger partial charge on any atom is 0.0705 e. The van der Waals surface area contributed by atoms with Crippen LogP contribution in [0.3, 0.4) is 0 Å². The summed E-state index contributed by atoms with van der Waals surface area (Å²) >= 11 is 0. The van der Waals surface area contributed by atoms with Crippen molar-refractivity contribution in [3.8, 4) is 0 Å². The molecule has 3 nitrogen and oxygen atoms in total. The van der Waals surface area contributed by atoms with Crippen molar-refractivity contribution in [2.24, 2.45) is 0 Å². The van der Waals surface area contributed by atoms with Gasteiger partial charge in [0, 0.05) is 31.1 Å². The fourth-order valence-corrected chi connectivity index (χ4v) is 2.68. The van der Waals surface area contributed by atoms with Crippen LogP contribution < -0.4 is 5.32 Å². The zero-order chi connectivity index (χ0) is 13.8. The van der Waals surface area contributed by atoms with E-state index < -0.39 is 0 Å². The normalized spacial score (nSPS) is 15.1. The molecule has 1 saturated carbocycles. The third-order valence-electron chi connectivity index (χ3n) is 4.01. The van der Waals surface area contributed by atoms with E-state index >= 15 is 0 Å². The van der Waals surface area contributed by atoms with Crippen molar-refractivity contribution in [1.29, 1.82) is 0 Å². The van der Waals surface area contributed by atoms with Gasteiger partial charge in [0.1, 0.15) is 0 Å². The SMILES string of the molecule is CCN(CCNCc1ccc2ccccc2n1)C1CC1. The van der Waals surface area contributed by atoms with Gasteiger partial charge < -0.3 is 5.32 Å². The largest absolute Gasteiger partial charge is 0.310 e. The number of fused-ring (bicyclic) bond motifs is 1. The summed E-state index contributed by atoms with van der Waals surface area (Å²) in [6.07, 6.45) is 2.78. The van der Waals surface area contributed by atoms with Crippen LogP contribution in [0.4, 0.5) is 0 Å². The van der Waals surface area contributed by atoms with Gasteiger partial charge in [0.25, 0.3) is 0 Å². The summed E-state index contributed by atoms with van der Waals surface area (Å²) in [6, 6.07) is 13.4. The Bertz CT molecular complexity index is 563. The summed E-state index contributed by atoms with van der Waals surface area (Å²) in [5, 5.41) is 4.72. The molecule has 106 valence electrons. The predicted octanol–water partition coefficient (Wildman–Crippen LogP) is 2.81. The quantitative estimate of drug-likeness (QED) is 0.783. The van der Waals surface area contributed by atoms with E-state index in [1.165, 1.54) is 24.8 Å². The van der Waals surface area contributed by atoms with Gasteiger partial charge in [-0.1, -0.05) is 31.2 Å². The number of benzene rings is 1. The van der Waals surface area contributed by atoms with E-state index in [1.807, 2.05) is 6.07 Å². The van der Waals surface area contributed by atoms with Crippen LogP contribution in [0.25, 0.3) is 10.9 Å². The number of aromatic nitrogens is 1. The van der Waals surface area contributed by atoms with Gasteiger partial charge in [0.15, 0.2) is 0 Å². The van der Waals surface area contributed by atoms with Gasteiger partial charge in [-0.15, -0.1) is 0 Å². The van der Waals surface area contributed by atoms with Crippen LogP contribution in [-0.2, 0) is 6.54 Å². The second-order valence-electron chi connectivity index (χ2n) is 5.53. The number of para-hydroxylation sites is 1. The molecule has 0 aliphatic heterocycles. The fourth-order valence-electron chi connectivity index (χ4n) is 2.68. The molecule has 0 bridgehead atoms. The van der Waals surface area contributed by atoms with Crippen LogP contribution in [0.15, 0.2) is 36.4 Å². The molecule has 1 heterocycles. The Morgan fingerprint density at radius 2 is 2.05 bits per heavy atom. The van der Waals surface area contributed by atoms with Gasteiger partial charge in [0.2, 0.25) is 0 Å². The lowest BCUT2D eigenvalue weighted by atomic mass is 10.2. The molecule has 20 heavy (non-hydrogen) atoms. The van der Waals surface area contributed by atoms with E-state index in [4.69, 9.17) is 0 Å². The third-order valence-corrected chi connectivity index (χ3v) is 4.01. The van der Waals surface area contributed by atoms with Crippen LogP contribution >= 0.6 is 0 Å². The van der Waals surface area contributed by atoms with E-state index in [0.717, 1.165) is 36.9 Å². The molecule has 0 atom stereocenters. The highest BCUT2D eigenvalue weighted by Gasteiger charge is 2.26. The minimum atomic E-state index is 0.854. The van der Waals surface area contributed by atoms with Crippen LogP contribution in [0.5, 0.6) is 0 Å². The molecular formula is C17H23N3. The van der Waals surface area contributed by atoms with Gasteiger partial charge in [-0.2, -0.15) is 0 Å². The zero-order valence-electron chi connectivity index (χ0n) is 12.2. The number of pyridine rings is 1. The molecule has 0 amide bonds. The van der Waals surface area contributed by atoms with Crippen LogP contribution in [-0.4, -0.2) is 35.6 Å². The predicted molar refractivity (Wildman–Crippen MR) is 83.7 cm³/mol. The number of rotatable bonds is 7. The van der Waals surface area contributed by atoms with Crippen molar-refractivity contribution in [3.05, 3.63) is 42.1 Å². The van der Waals surface area contributed by atoms with Gasteiger partial charge in [0.05, 0.1) is 11.2 Å². The van der Waals surface area contributed by atoms with Crippen LogP contribution in [0.1, 0.15) is 25.5 Å². The molecular weight excluding hydrogens is 246 g/mol. The maximum atomic E-state index is 4.68. The maximum absolute atomic E-state index is 4.68. The van der Waals surface area contributed by atoms with E-state index in [2.05, 4.69) is 52.5 Å². The van der Waals surface area contributed by atoms with Crippen molar-refractivity contribution in [2.75, 3.05) is 19.6 Å². The first-order valence-electron chi connectivity index (χ1n) is 7.66. The summed E-state index contributed by atoms with van der Waals surface area (Å²) in [7, 11) is 0. The van der Waals surface area contributed by atoms with Crippen molar-refractivity contribution in [2.45, 2.75) is 32.4 Å². The summed E-state index contributed by atoms with van der Waals surface area (Å²) < 4.78 is 0. The molecule has 3 rings (SSSR count). The highest BCUT2D eigenvalue weighted by Crippen LogP contribution is 2.25. The minimum absolute atomic E-state index is 0.854. The average molecular weight is 269 g/mol. The Morgan fingerprint density at radius 1 is 1.20 bits per heavy atom. The highest BCUT2D eigenvalue weighted by atomic mass is 15.2. The van der Waals surface area contributed by atoms with Crippen LogP contribution in [0.2, 0.25) is 0 Å². The monoisotopic (exact) mass is 269 g/mol. The highest BCUT2D eigenvalue weighted by molar-refractivity contribution is 5.78. The molecule has 0 saturated heterocycles. The smallest absolute Gasteiger partial charge is 0.0705 e. The molecule has 1 aromatic carbocycles. The van der Waals surface area contributed by atoms with Crippen molar-refractivity contribution >= 4 is 10.9 Å². The molecule has 1 N–H and O–H groups in total. The zero-order valence-corrected chi connectivity index (χ0v) is 12.2. The number of nitrogens with zero attached hydrogens (tertiary/aromatic N) is 2. The molecule has 3 heteroatoms. The third kappa shape index (κ3) is 3.35. The average Bonchev–Trinajstić information content (AvgIpc) is 3.32. The Morgan fingerprint density at radius 3 is 2.85 bits per heavy atom. The Labute approximate surface area is 121 Å². The molecule has 1 aromatic heterocycles. The standard InChI is InChI=1S/C17H23N3/c1-2-20(16-9-10-16)12-11-18-13-15-8-7-14-5-3-4-6-17(14)19-15/h3-8,16,18H,2,9-13H2,1H3. The topological polar surface area (TPSA) is 28.2 Å². The molecule has 0 unspecified atom stereocenters. The molecule has 1 fully saturated rings. The first kappa shape index (κ1) is 13.5. The molecule has 0 radical (unpaired) electrons. The lowest BCUT2D eigenvalue weighted by Crippen LogP contribution is -2.33. The second kappa shape index (κ2) is 6.33. The minimum Gasteiger partial charge on any atom is -0.310 e. The second-order valence-corrected chi connectivity index (χ2v) is 5.53. The summed E-state index contributed by atoms with van der Waals surface area (Å²) in [5.74, 6) is 0. The molecule has 0 spiro atoms. The first-order valence-corrected chi connectivity index (χ1v) is 7.66. The van der Waals surface area contributed by atoms with Gasteiger partial charge in [-0.05, 0) is 31.5 Å². The lowest BCUT2D eigenvalue weighted by Gasteiger charge is -2.19. The van der Waals surface area contributed by atoms with E-state index in [1.54, 1.807) is 0 Å². The van der Waals surface area contributed by atoms with E-state index in [0.29, 0.717) is 0 Å². The van der Waals surface area contributed by atoms with Crippen molar-refractivity contribution < 1.29 is 0 Å². The molecule has 2 aromatic rings. The number of hydrogen-bond donors (Lipinski definition) is 1. The Hall–Kier alpha value is -1.45. The fraction of sp³-hybridized carbons (Fsp3) is 0.471. The molecule has 1 aliphatic rings. The first-order chi connectivity index (χ1) is 9.86. The number of likely N-dealkylation sites (N-methyl/N-ethyl adjacent to an activating group) is 1. The van der Waals surface area contributed by atoms with Gasteiger partial charge in [-0.3, -0.25) is 9.88 Å². The Kier molecular flexibility index (Phi) is 4.28. The van der Waals surface area contributed by atoms with Crippen molar-refractivity contribution in [3.63, 3.8) is 0 Å². The van der Waals surface area contributed by atoms with Crippen molar-refractivity contribution in [1.82, 2.24) is 15.2 Å². The lowest BCUT2D eigenvalue weighted by molar-refractivity contribution is 0.277. The number of nitrogens with one attached hydrogen (secondary N) is 1.